The maximum absolute atomic E-state index is 12.8. The first-order valence-corrected chi connectivity index (χ1v) is 9.13. The van der Waals surface area contributed by atoms with E-state index in [1.165, 1.54) is 0 Å². The van der Waals surface area contributed by atoms with Crippen molar-refractivity contribution < 1.29 is 4.79 Å². The van der Waals surface area contributed by atoms with Crippen molar-refractivity contribution >= 4 is 44.9 Å². The van der Waals surface area contributed by atoms with E-state index in [1.54, 1.807) is 40.3 Å². The van der Waals surface area contributed by atoms with Crippen molar-refractivity contribution in [2.45, 2.75) is 23.1 Å². The highest BCUT2D eigenvalue weighted by molar-refractivity contribution is 8.00. The van der Waals surface area contributed by atoms with E-state index < -0.39 is 0 Å². The molecule has 0 bridgehead atoms. The number of aryl methyl sites for hydroxylation is 1. The second kappa shape index (κ2) is 5.93. The van der Waals surface area contributed by atoms with Gasteiger partial charge in [-0.1, -0.05) is 11.8 Å². The summed E-state index contributed by atoms with van der Waals surface area (Å²) in [4.78, 5) is 23.3. The van der Waals surface area contributed by atoms with E-state index in [-0.39, 0.29) is 11.2 Å². The van der Waals surface area contributed by atoms with Gasteiger partial charge in [0.25, 0.3) is 0 Å². The van der Waals surface area contributed by atoms with Crippen molar-refractivity contribution in [2.24, 2.45) is 7.05 Å². The third kappa shape index (κ3) is 2.72. The fraction of sp³-hybridized carbons (Fsp3) is 0.333. The number of hydrogen-bond donors (Lipinski definition) is 0. The quantitative estimate of drug-likeness (QED) is 0.683. The Kier molecular flexibility index (Phi) is 3.78. The van der Waals surface area contributed by atoms with Crippen LogP contribution in [0, 0.1) is 0 Å². The molecule has 0 aliphatic carbocycles. The van der Waals surface area contributed by atoms with Crippen molar-refractivity contribution in [3.63, 3.8) is 0 Å². The average Bonchev–Trinajstić information content (AvgIpc) is 3.18. The lowest BCUT2D eigenvalue weighted by Crippen LogP contribution is -2.42. The van der Waals surface area contributed by atoms with Gasteiger partial charge in [0.2, 0.25) is 5.91 Å². The molecule has 118 valence electrons. The number of amides is 1. The van der Waals surface area contributed by atoms with Gasteiger partial charge in [-0.3, -0.25) is 9.48 Å². The summed E-state index contributed by atoms with van der Waals surface area (Å²) in [7, 11) is 1.86. The number of carbonyl (C=O) groups excluding carboxylic acids is 1. The Morgan fingerprint density at radius 2 is 2.30 bits per heavy atom. The van der Waals surface area contributed by atoms with Crippen LogP contribution in [-0.2, 0) is 11.8 Å². The number of nitrogens with zero attached hydrogens (tertiary/aromatic N) is 5. The number of thioether (sulfide) groups is 1. The minimum atomic E-state index is -0.107. The molecule has 23 heavy (non-hydrogen) atoms. The molecule has 0 saturated carbocycles. The Balaban J connectivity index is 1.59. The van der Waals surface area contributed by atoms with Gasteiger partial charge >= 0.3 is 0 Å². The zero-order valence-electron chi connectivity index (χ0n) is 12.5. The molecule has 1 saturated heterocycles. The molecule has 3 aromatic heterocycles. The highest BCUT2D eigenvalue weighted by atomic mass is 32.2. The van der Waals surface area contributed by atoms with Gasteiger partial charge in [0.15, 0.2) is 0 Å². The summed E-state index contributed by atoms with van der Waals surface area (Å²) in [5.41, 5.74) is 1.81. The third-order valence-corrected chi connectivity index (χ3v) is 6.15. The van der Waals surface area contributed by atoms with Crippen LogP contribution in [0.4, 0.5) is 5.69 Å². The van der Waals surface area contributed by atoms with Gasteiger partial charge in [-0.15, -0.1) is 11.3 Å². The molecule has 0 spiro atoms. The van der Waals surface area contributed by atoms with Gasteiger partial charge in [0.1, 0.15) is 11.4 Å². The predicted octanol–water partition coefficient (Wildman–Crippen LogP) is 2.71. The molecule has 1 atom stereocenters. The van der Waals surface area contributed by atoms with Crippen LogP contribution in [0.25, 0.3) is 10.2 Å². The number of carbonyl (C=O) groups is 1. The second-order valence-corrected chi connectivity index (χ2v) is 7.53. The Labute approximate surface area is 141 Å². The van der Waals surface area contributed by atoms with Gasteiger partial charge in [0.05, 0.1) is 27.4 Å². The molecule has 3 aromatic rings. The van der Waals surface area contributed by atoms with Crippen LogP contribution in [0.15, 0.2) is 35.2 Å². The van der Waals surface area contributed by atoms with Crippen molar-refractivity contribution in [3.8, 4) is 0 Å². The van der Waals surface area contributed by atoms with E-state index in [1.807, 2.05) is 29.6 Å². The minimum absolute atomic E-state index is 0.107. The lowest BCUT2D eigenvalue weighted by atomic mass is 10.1. The first-order chi connectivity index (χ1) is 11.2. The molecule has 0 unspecified atom stereocenters. The van der Waals surface area contributed by atoms with Gasteiger partial charge < -0.3 is 4.90 Å². The summed E-state index contributed by atoms with van der Waals surface area (Å²) in [6.45, 7) is 0.750. The second-order valence-electron chi connectivity index (χ2n) is 5.42. The SMILES string of the molecule is Cn1cc(N2CCC[C@@H](Sc3ncnc4ccsc34)C2=O)cn1. The van der Waals surface area contributed by atoms with E-state index in [9.17, 15) is 4.79 Å². The largest absolute Gasteiger partial charge is 0.309 e. The Morgan fingerprint density at radius 1 is 1.39 bits per heavy atom. The summed E-state index contributed by atoms with van der Waals surface area (Å²) < 4.78 is 2.78. The number of fused-ring (bicyclic) bond motifs is 1. The number of hydrogen-bond acceptors (Lipinski definition) is 6. The van der Waals surface area contributed by atoms with Crippen molar-refractivity contribution in [1.82, 2.24) is 19.7 Å². The molecule has 1 amide bonds. The van der Waals surface area contributed by atoms with Gasteiger partial charge in [-0.2, -0.15) is 5.10 Å². The molecule has 0 aromatic carbocycles. The maximum Gasteiger partial charge on any atom is 0.240 e. The van der Waals surface area contributed by atoms with Crippen LogP contribution >= 0.6 is 23.1 Å². The van der Waals surface area contributed by atoms with Crippen molar-refractivity contribution in [1.29, 1.82) is 0 Å². The number of piperidine rings is 1. The van der Waals surface area contributed by atoms with E-state index in [0.717, 1.165) is 40.3 Å². The molecule has 4 heterocycles. The number of anilines is 1. The van der Waals surface area contributed by atoms with Gasteiger partial charge in [0, 0.05) is 19.8 Å². The van der Waals surface area contributed by atoms with E-state index >= 15 is 0 Å². The molecule has 4 rings (SSSR count). The summed E-state index contributed by atoms with van der Waals surface area (Å²) in [5.74, 6) is 0.137. The summed E-state index contributed by atoms with van der Waals surface area (Å²) in [5, 5.41) is 6.97. The topological polar surface area (TPSA) is 63.9 Å². The Bertz CT molecular complexity index is 858. The first-order valence-electron chi connectivity index (χ1n) is 7.37. The molecule has 0 radical (unpaired) electrons. The van der Waals surface area contributed by atoms with Gasteiger partial charge in [-0.05, 0) is 24.3 Å². The molecular weight excluding hydrogens is 330 g/mol. The summed E-state index contributed by atoms with van der Waals surface area (Å²) in [6, 6.07) is 1.98. The number of rotatable bonds is 3. The van der Waals surface area contributed by atoms with Crippen LogP contribution < -0.4 is 4.90 Å². The molecule has 1 aliphatic rings. The minimum Gasteiger partial charge on any atom is -0.309 e. The lowest BCUT2D eigenvalue weighted by molar-refractivity contribution is -0.119. The fourth-order valence-corrected chi connectivity index (χ4v) is 4.86. The van der Waals surface area contributed by atoms with Crippen LogP contribution in [0.2, 0.25) is 0 Å². The molecule has 0 N–H and O–H groups in total. The molecule has 6 nitrogen and oxygen atoms in total. The molecule has 8 heteroatoms. The molecule has 1 fully saturated rings. The van der Waals surface area contributed by atoms with Crippen molar-refractivity contribution in [2.75, 3.05) is 11.4 Å². The zero-order valence-corrected chi connectivity index (χ0v) is 14.2. The predicted molar refractivity (Wildman–Crippen MR) is 91.9 cm³/mol. The number of aromatic nitrogens is 4. The highest BCUT2D eigenvalue weighted by Crippen LogP contribution is 2.35. The van der Waals surface area contributed by atoms with Crippen molar-refractivity contribution in [3.05, 3.63) is 30.2 Å². The van der Waals surface area contributed by atoms with E-state index in [0.29, 0.717) is 0 Å². The monoisotopic (exact) mass is 345 g/mol. The van der Waals surface area contributed by atoms with E-state index in [2.05, 4.69) is 15.1 Å². The smallest absolute Gasteiger partial charge is 0.240 e. The Hall–Kier alpha value is -1.93. The van der Waals surface area contributed by atoms with E-state index in [4.69, 9.17) is 0 Å². The van der Waals surface area contributed by atoms with Crippen LogP contribution in [-0.4, -0.2) is 37.5 Å². The molecule has 1 aliphatic heterocycles. The van der Waals surface area contributed by atoms with Crippen LogP contribution in [0.3, 0.4) is 0 Å². The zero-order chi connectivity index (χ0) is 15.8. The molecular formula is C15H15N5OS2. The summed E-state index contributed by atoms with van der Waals surface area (Å²) in [6.07, 6.45) is 7.05. The van der Waals surface area contributed by atoms with Gasteiger partial charge in [-0.25, -0.2) is 9.97 Å². The maximum atomic E-state index is 12.8. The standard InChI is InChI=1S/C15H15N5OS2/c1-19-8-10(7-18-19)20-5-2-3-12(15(20)21)23-14-13-11(4-6-22-13)16-9-17-14/h4,6-9,12H,2-3,5H2,1H3/t12-/m1/s1. The average molecular weight is 345 g/mol. The lowest BCUT2D eigenvalue weighted by Gasteiger charge is -2.30. The number of thiophene rings is 1. The highest BCUT2D eigenvalue weighted by Gasteiger charge is 2.31. The Morgan fingerprint density at radius 3 is 3.13 bits per heavy atom. The van der Waals surface area contributed by atoms with Crippen LogP contribution in [0.5, 0.6) is 0 Å². The van der Waals surface area contributed by atoms with Crippen LogP contribution in [0.1, 0.15) is 12.8 Å². The third-order valence-electron chi connectivity index (χ3n) is 3.86. The normalized spacial score (nSPS) is 18.7. The first kappa shape index (κ1) is 14.6. The summed E-state index contributed by atoms with van der Waals surface area (Å²) >= 11 is 3.17. The fourth-order valence-electron chi connectivity index (χ4n) is 2.74.